The molecular formula is C18H28N4O5S. The van der Waals surface area contributed by atoms with Crippen molar-refractivity contribution in [1.82, 2.24) is 9.21 Å². The van der Waals surface area contributed by atoms with Gasteiger partial charge in [0, 0.05) is 52.0 Å². The Labute approximate surface area is 165 Å². The summed E-state index contributed by atoms with van der Waals surface area (Å²) in [6, 6.07) is 4.04. The topological polar surface area (TPSA) is 105 Å². The minimum Gasteiger partial charge on any atom is -0.384 e. The van der Waals surface area contributed by atoms with E-state index in [1.165, 1.54) is 22.5 Å². The quantitative estimate of drug-likeness (QED) is 0.487. The number of nitro groups is 1. The van der Waals surface area contributed by atoms with Crippen LogP contribution in [0.4, 0.5) is 11.4 Å². The number of likely N-dealkylation sites (tertiary alicyclic amines) is 1. The van der Waals surface area contributed by atoms with Gasteiger partial charge in [0.25, 0.3) is 5.69 Å². The normalized spacial score (nSPS) is 21.2. The molecule has 2 saturated heterocycles. The second-order valence-corrected chi connectivity index (χ2v) is 9.28. The number of nitrogens with zero attached hydrogens (tertiary/aromatic N) is 3. The molecule has 0 bridgehead atoms. The zero-order valence-corrected chi connectivity index (χ0v) is 17.0. The van der Waals surface area contributed by atoms with Crippen molar-refractivity contribution in [3.63, 3.8) is 0 Å². The number of non-ortho nitro benzene ring substituents is 1. The largest absolute Gasteiger partial charge is 0.384 e. The van der Waals surface area contributed by atoms with Crippen molar-refractivity contribution in [3.8, 4) is 0 Å². The molecule has 1 aromatic carbocycles. The van der Waals surface area contributed by atoms with Gasteiger partial charge >= 0.3 is 0 Å². The molecule has 2 aliphatic heterocycles. The van der Waals surface area contributed by atoms with Crippen LogP contribution in [0.2, 0.25) is 0 Å². The van der Waals surface area contributed by atoms with Crippen molar-refractivity contribution in [1.29, 1.82) is 0 Å². The third-order valence-corrected chi connectivity index (χ3v) is 7.36. The van der Waals surface area contributed by atoms with E-state index in [0.29, 0.717) is 37.8 Å². The highest BCUT2D eigenvalue weighted by Crippen LogP contribution is 2.31. The Balaban J connectivity index is 1.74. The van der Waals surface area contributed by atoms with Crippen LogP contribution < -0.4 is 5.32 Å². The maximum atomic E-state index is 13.0. The van der Waals surface area contributed by atoms with Gasteiger partial charge in [-0.3, -0.25) is 10.1 Å². The molecule has 156 valence electrons. The highest BCUT2D eigenvalue weighted by Gasteiger charge is 2.31. The van der Waals surface area contributed by atoms with Crippen molar-refractivity contribution in [2.45, 2.75) is 24.2 Å². The summed E-state index contributed by atoms with van der Waals surface area (Å²) in [5.74, 6) is 0.398. The lowest BCUT2D eigenvalue weighted by Crippen LogP contribution is -2.29. The first-order valence-corrected chi connectivity index (χ1v) is 11.1. The average Bonchev–Trinajstić information content (AvgIpc) is 3.36. The lowest BCUT2D eigenvalue weighted by Gasteiger charge is -2.20. The van der Waals surface area contributed by atoms with E-state index >= 15 is 0 Å². The van der Waals surface area contributed by atoms with Crippen LogP contribution in [-0.2, 0) is 14.8 Å². The molecule has 2 heterocycles. The van der Waals surface area contributed by atoms with Crippen LogP contribution >= 0.6 is 0 Å². The first kappa shape index (κ1) is 21.0. The van der Waals surface area contributed by atoms with Crippen LogP contribution in [0.5, 0.6) is 0 Å². The molecule has 1 N–H and O–H groups in total. The van der Waals surface area contributed by atoms with Crippen molar-refractivity contribution in [3.05, 3.63) is 28.3 Å². The van der Waals surface area contributed by atoms with Crippen molar-refractivity contribution in [2.75, 3.05) is 58.3 Å². The lowest BCUT2D eigenvalue weighted by molar-refractivity contribution is -0.385. The predicted octanol–water partition coefficient (Wildman–Crippen LogP) is 1.76. The van der Waals surface area contributed by atoms with Gasteiger partial charge < -0.3 is 15.0 Å². The van der Waals surface area contributed by atoms with Gasteiger partial charge in [0.05, 0.1) is 17.2 Å². The van der Waals surface area contributed by atoms with E-state index in [9.17, 15) is 18.5 Å². The number of hydrogen-bond acceptors (Lipinski definition) is 7. The predicted molar refractivity (Wildman–Crippen MR) is 106 cm³/mol. The van der Waals surface area contributed by atoms with E-state index in [2.05, 4.69) is 10.2 Å². The molecule has 1 atom stereocenters. The maximum Gasteiger partial charge on any atom is 0.270 e. The van der Waals surface area contributed by atoms with Gasteiger partial charge in [-0.05, 0) is 37.8 Å². The number of rotatable bonds is 9. The third-order valence-electron chi connectivity index (χ3n) is 5.42. The Kier molecular flexibility index (Phi) is 6.86. The standard InChI is InChI=1S/C18H28N4O5S/c1-27-11-10-20-9-6-15(14-20)13-19-17-5-4-16(22(23)24)12-18(17)28(25,26)21-7-2-3-8-21/h4-5,12,15,19H,2-3,6-11,13-14H2,1H3. The van der Waals surface area contributed by atoms with Gasteiger partial charge in [0.1, 0.15) is 4.90 Å². The smallest absolute Gasteiger partial charge is 0.270 e. The van der Waals surface area contributed by atoms with Gasteiger partial charge in [-0.2, -0.15) is 4.31 Å². The van der Waals surface area contributed by atoms with Crippen molar-refractivity contribution >= 4 is 21.4 Å². The summed E-state index contributed by atoms with van der Waals surface area (Å²) >= 11 is 0. The Morgan fingerprint density at radius 1 is 1.29 bits per heavy atom. The Morgan fingerprint density at radius 3 is 2.71 bits per heavy atom. The zero-order valence-electron chi connectivity index (χ0n) is 16.2. The summed E-state index contributed by atoms with van der Waals surface area (Å²) < 4.78 is 32.6. The number of sulfonamides is 1. The molecule has 1 unspecified atom stereocenters. The van der Waals surface area contributed by atoms with Crippen LogP contribution in [0.1, 0.15) is 19.3 Å². The highest BCUT2D eigenvalue weighted by atomic mass is 32.2. The molecule has 28 heavy (non-hydrogen) atoms. The first-order valence-electron chi connectivity index (χ1n) is 9.65. The minimum absolute atomic E-state index is 0.00200. The molecule has 0 spiro atoms. The van der Waals surface area contributed by atoms with Gasteiger partial charge in [0.15, 0.2) is 0 Å². The molecule has 9 nitrogen and oxygen atoms in total. The van der Waals surface area contributed by atoms with E-state index in [0.717, 1.165) is 38.9 Å². The van der Waals surface area contributed by atoms with E-state index < -0.39 is 14.9 Å². The van der Waals surface area contributed by atoms with Crippen LogP contribution in [0.15, 0.2) is 23.1 Å². The first-order chi connectivity index (χ1) is 13.4. The zero-order chi connectivity index (χ0) is 20.1. The van der Waals surface area contributed by atoms with Gasteiger partial charge in [-0.15, -0.1) is 0 Å². The van der Waals surface area contributed by atoms with Gasteiger partial charge in [-0.25, -0.2) is 8.42 Å². The minimum atomic E-state index is -3.75. The Hall–Kier alpha value is -1.75. The Bertz CT molecular complexity index is 795. The summed E-state index contributed by atoms with van der Waals surface area (Å²) in [4.78, 5) is 12.9. The Morgan fingerprint density at radius 2 is 2.04 bits per heavy atom. The van der Waals surface area contributed by atoms with Crippen LogP contribution in [0.25, 0.3) is 0 Å². The number of nitro benzene ring substituents is 1. The maximum absolute atomic E-state index is 13.0. The second kappa shape index (κ2) is 9.17. The average molecular weight is 413 g/mol. The molecule has 2 aliphatic rings. The summed E-state index contributed by atoms with van der Waals surface area (Å²) in [5, 5.41) is 14.4. The number of methoxy groups -OCH3 is 1. The number of ether oxygens (including phenoxy) is 1. The molecule has 3 rings (SSSR count). The summed E-state index contributed by atoms with van der Waals surface area (Å²) in [6.07, 6.45) is 2.66. The van der Waals surface area contributed by atoms with Crippen LogP contribution in [0, 0.1) is 16.0 Å². The molecule has 10 heteroatoms. The molecular weight excluding hydrogens is 384 g/mol. The summed E-state index contributed by atoms with van der Waals surface area (Å²) in [5.41, 5.74) is 0.225. The van der Waals surface area contributed by atoms with E-state index in [1.54, 1.807) is 7.11 Å². The van der Waals surface area contributed by atoms with E-state index in [-0.39, 0.29) is 10.6 Å². The molecule has 2 fully saturated rings. The van der Waals surface area contributed by atoms with E-state index in [4.69, 9.17) is 4.74 Å². The number of anilines is 1. The fourth-order valence-electron chi connectivity index (χ4n) is 3.81. The van der Waals surface area contributed by atoms with Gasteiger partial charge in [-0.1, -0.05) is 0 Å². The molecule has 1 aromatic rings. The monoisotopic (exact) mass is 412 g/mol. The molecule has 0 radical (unpaired) electrons. The molecule has 0 aliphatic carbocycles. The fourth-order valence-corrected chi connectivity index (χ4v) is 5.51. The number of hydrogen-bond donors (Lipinski definition) is 1. The second-order valence-electron chi connectivity index (χ2n) is 7.38. The van der Waals surface area contributed by atoms with E-state index in [1.807, 2.05) is 0 Å². The number of benzene rings is 1. The highest BCUT2D eigenvalue weighted by molar-refractivity contribution is 7.89. The van der Waals surface area contributed by atoms with Crippen molar-refractivity contribution in [2.24, 2.45) is 5.92 Å². The fraction of sp³-hybridized carbons (Fsp3) is 0.667. The molecule has 0 saturated carbocycles. The summed E-state index contributed by atoms with van der Waals surface area (Å²) in [6.45, 7) is 5.05. The van der Waals surface area contributed by atoms with Crippen LogP contribution in [0.3, 0.4) is 0 Å². The van der Waals surface area contributed by atoms with Crippen molar-refractivity contribution < 1.29 is 18.1 Å². The number of nitrogens with one attached hydrogen (secondary N) is 1. The molecule has 0 aromatic heterocycles. The third kappa shape index (κ3) is 4.80. The van der Waals surface area contributed by atoms with Gasteiger partial charge in [0.2, 0.25) is 10.0 Å². The molecule has 0 amide bonds. The lowest BCUT2D eigenvalue weighted by atomic mass is 10.1. The summed E-state index contributed by atoms with van der Waals surface area (Å²) in [7, 11) is -2.07. The SMILES string of the molecule is COCCN1CCC(CNc2ccc([N+](=O)[O-])cc2S(=O)(=O)N2CCCC2)C1. The van der Waals surface area contributed by atoms with Crippen LogP contribution in [-0.4, -0.2) is 75.5 Å².